The largest absolute Gasteiger partial charge is 0.335 e. The molecule has 4 rings (SSSR count). The number of nitrogens with zero attached hydrogens (tertiary/aromatic N) is 3. The molecule has 0 saturated carbocycles. The number of carbonyl (C=O) groups is 1. The number of likely N-dealkylation sites (tertiary alicyclic amines) is 1. The first-order valence-corrected chi connectivity index (χ1v) is 10.2. The summed E-state index contributed by atoms with van der Waals surface area (Å²) in [5.74, 6) is 0. The summed E-state index contributed by atoms with van der Waals surface area (Å²) in [6.45, 7) is 2.91. The highest BCUT2D eigenvalue weighted by Gasteiger charge is 2.20. The summed E-state index contributed by atoms with van der Waals surface area (Å²) in [5, 5.41) is 10.7. The molecular weight excluding hydrogens is 386 g/mol. The van der Waals surface area contributed by atoms with E-state index in [0.29, 0.717) is 10.7 Å². The van der Waals surface area contributed by atoms with Crippen molar-refractivity contribution in [3.8, 4) is 5.69 Å². The van der Waals surface area contributed by atoms with Crippen LogP contribution in [0.25, 0.3) is 5.69 Å². The van der Waals surface area contributed by atoms with E-state index in [9.17, 15) is 4.79 Å². The number of aromatic nitrogens is 2. The van der Waals surface area contributed by atoms with Crippen LogP contribution < -0.4 is 10.6 Å². The average molecular weight is 410 g/mol. The van der Waals surface area contributed by atoms with Gasteiger partial charge in [-0.2, -0.15) is 5.10 Å². The number of anilines is 1. The number of hydrogen-bond acceptors (Lipinski definition) is 3. The van der Waals surface area contributed by atoms with Crippen molar-refractivity contribution in [2.45, 2.75) is 25.4 Å². The zero-order valence-electron chi connectivity index (χ0n) is 16.1. The van der Waals surface area contributed by atoms with Crippen molar-refractivity contribution in [2.75, 3.05) is 18.4 Å². The first-order valence-electron chi connectivity index (χ1n) is 9.81. The van der Waals surface area contributed by atoms with Gasteiger partial charge in [-0.1, -0.05) is 41.9 Å². The summed E-state index contributed by atoms with van der Waals surface area (Å²) in [6.07, 6.45) is 5.41. The molecule has 1 aliphatic rings. The van der Waals surface area contributed by atoms with E-state index < -0.39 is 0 Å². The second-order valence-corrected chi connectivity index (χ2v) is 7.66. The second-order valence-electron chi connectivity index (χ2n) is 7.25. The van der Waals surface area contributed by atoms with E-state index in [0.717, 1.165) is 38.2 Å². The highest BCUT2D eigenvalue weighted by Crippen LogP contribution is 2.24. The third-order valence-electron chi connectivity index (χ3n) is 5.13. The fraction of sp³-hybridized carbons (Fsp3) is 0.273. The minimum atomic E-state index is -0.200. The van der Waals surface area contributed by atoms with Crippen LogP contribution in [0.2, 0.25) is 5.02 Å². The number of carbonyl (C=O) groups excluding carboxylic acids is 1. The van der Waals surface area contributed by atoms with Crippen LogP contribution in [0.4, 0.5) is 10.5 Å². The van der Waals surface area contributed by atoms with Crippen LogP contribution in [-0.2, 0) is 6.54 Å². The van der Waals surface area contributed by atoms with Crippen molar-refractivity contribution >= 4 is 23.3 Å². The highest BCUT2D eigenvalue weighted by atomic mass is 35.5. The first-order chi connectivity index (χ1) is 14.2. The molecule has 3 aromatic rings. The average Bonchev–Trinajstić information content (AvgIpc) is 3.25. The maximum atomic E-state index is 12.4. The number of benzene rings is 2. The number of urea groups is 1. The predicted octanol–water partition coefficient (Wildman–Crippen LogP) is 4.31. The Bertz CT molecular complexity index is 937. The lowest BCUT2D eigenvalue weighted by atomic mass is 10.0. The molecule has 1 fully saturated rings. The van der Waals surface area contributed by atoms with Crippen LogP contribution in [0.3, 0.4) is 0 Å². The van der Waals surface area contributed by atoms with Gasteiger partial charge in [0, 0.05) is 43.8 Å². The van der Waals surface area contributed by atoms with Crippen molar-refractivity contribution in [2.24, 2.45) is 0 Å². The maximum Gasteiger partial charge on any atom is 0.319 e. The monoisotopic (exact) mass is 409 g/mol. The SMILES string of the molecule is O=C(Nc1ccc(-n2cccn2)c(Cl)c1)NC1CCN(Cc2ccccc2)CC1. The van der Waals surface area contributed by atoms with Gasteiger partial charge in [-0.25, -0.2) is 9.48 Å². The van der Waals surface area contributed by atoms with Gasteiger partial charge >= 0.3 is 6.03 Å². The second kappa shape index (κ2) is 9.11. The molecule has 6 nitrogen and oxygen atoms in total. The molecule has 2 aromatic carbocycles. The molecule has 29 heavy (non-hydrogen) atoms. The zero-order valence-corrected chi connectivity index (χ0v) is 16.8. The Morgan fingerprint density at radius 1 is 1.10 bits per heavy atom. The lowest BCUT2D eigenvalue weighted by Gasteiger charge is -2.32. The topological polar surface area (TPSA) is 62.2 Å². The smallest absolute Gasteiger partial charge is 0.319 e. The van der Waals surface area contributed by atoms with Crippen molar-refractivity contribution in [3.05, 3.63) is 77.6 Å². The fourth-order valence-corrected chi connectivity index (χ4v) is 3.88. The molecule has 0 radical (unpaired) electrons. The molecule has 2 amide bonds. The van der Waals surface area contributed by atoms with Crippen LogP contribution in [-0.4, -0.2) is 39.8 Å². The van der Waals surface area contributed by atoms with Crippen LogP contribution >= 0.6 is 11.6 Å². The molecule has 0 spiro atoms. The Kier molecular flexibility index (Phi) is 6.12. The molecule has 0 atom stereocenters. The van der Waals surface area contributed by atoms with Crippen LogP contribution in [0.5, 0.6) is 0 Å². The van der Waals surface area contributed by atoms with Gasteiger partial charge in [-0.15, -0.1) is 0 Å². The number of rotatable bonds is 5. The molecule has 150 valence electrons. The number of hydrogen-bond donors (Lipinski definition) is 2. The van der Waals surface area contributed by atoms with E-state index in [-0.39, 0.29) is 12.1 Å². The molecular formula is C22H24ClN5O. The third-order valence-corrected chi connectivity index (χ3v) is 5.43. The molecule has 1 aliphatic heterocycles. The quantitative estimate of drug-likeness (QED) is 0.660. The standard InChI is InChI=1S/C22H24ClN5O/c23-20-15-19(7-8-21(20)28-12-4-11-24-28)26-22(29)25-18-9-13-27(14-10-18)16-17-5-2-1-3-6-17/h1-8,11-12,15,18H,9-10,13-14,16H2,(H2,25,26,29). The summed E-state index contributed by atoms with van der Waals surface area (Å²) in [5.41, 5.74) is 2.76. The molecule has 1 aromatic heterocycles. The summed E-state index contributed by atoms with van der Waals surface area (Å²) in [6, 6.07) is 17.7. The van der Waals surface area contributed by atoms with Crippen molar-refractivity contribution in [1.82, 2.24) is 20.0 Å². The Morgan fingerprint density at radius 3 is 2.59 bits per heavy atom. The summed E-state index contributed by atoms with van der Waals surface area (Å²) < 4.78 is 1.69. The van der Waals surface area contributed by atoms with E-state index in [2.05, 4.69) is 44.9 Å². The molecule has 7 heteroatoms. The summed E-state index contributed by atoms with van der Waals surface area (Å²) in [4.78, 5) is 14.8. The Hall–Kier alpha value is -2.83. The third kappa shape index (κ3) is 5.16. The lowest BCUT2D eigenvalue weighted by Crippen LogP contribution is -2.45. The Morgan fingerprint density at radius 2 is 1.90 bits per heavy atom. The number of halogens is 1. The van der Waals surface area contributed by atoms with E-state index >= 15 is 0 Å². The number of amides is 2. The van der Waals surface area contributed by atoms with Gasteiger partial charge in [0.05, 0.1) is 10.7 Å². The van der Waals surface area contributed by atoms with Gasteiger partial charge in [-0.05, 0) is 42.7 Å². The van der Waals surface area contributed by atoms with Gasteiger partial charge in [-0.3, -0.25) is 4.90 Å². The zero-order chi connectivity index (χ0) is 20.1. The minimum absolute atomic E-state index is 0.181. The summed E-state index contributed by atoms with van der Waals surface area (Å²) in [7, 11) is 0. The maximum absolute atomic E-state index is 12.4. The van der Waals surface area contributed by atoms with Gasteiger partial charge in [0.2, 0.25) is 0 Å². The van der Waals surface area contributed by atoms with E-state index in [1.807, 2.05) is 30.5 Å². The van der Waals surface area contributed by atoms with Crippen molar-refractivity contribution in [1.29, 1.82) is 0 Å². The van der Waals surface area contributed by atoms with Gasteiger partial charge in [0.1, 0.15) is 0 Å². The Labute approximate surface area is 175 Å². The molecule has 1 saturated heterocycles. The van der Waals surface area contributed by atoms with Crippen molar-refractivity contribution < 1.29 is 4.79 Å². The number of piperidine rings is 1. The van der Waals surface area contributed by atoms with E-state index in [1.165, 1.54) is 5.56 Å². The molecule has 0 bridgehead atoms. The first kappa shape index (κ1) is 19.5. The van der Waals surface area contributed by atoms with Crippen LogP contribution in [0.15, 0.2) is 67.0 Å². The highest BCUT2D eigenvalue weighted by molar-refractivity contribution is 6.32. The van der Waals surface area contributed by atoms with Gasteiger partial charge < -0.3 is 10.6 Å². The fourth-order valence-electron chi connectivity index (χ4n) is 3.61. The van der Waals surface area contributed by atoms with Crippen molar-refractivity contribution in [3.63, 3.8) is 0 Å². The van der Waals surface area contributed by atoms with Gasteiger partial charge in [0.15, 0.2) is 0 Å². The number of nitrogens with one attached hydrogen (secondary N) is 2. The van der Waals surface area contributed by atoms with E-state index in [4.69, 9.17) is 11.6 Å². The Balaban J connectivity index is 1.26. The summed E-state index contributed by atoms with van der Waals surface area (Å²) >= 11 is 6.34. The van der Waals surface area contributed by atoms with E-state index in [1.54, 1.807) is 16.9 Å². The minimum Gasteiger partial charge on any atom is -0.335 e. The van der Waals surface area contributed by atoms with Gasteiger partial charge in [0.25, 0.3) is 0 Å². The molecule has 2 N–H and O–H groups in total. The lowest BCUT2D eigenvalue weighted by molar-refractivity contribution is 0.190. The normalized spacial score (nSPS) is 15.2. The van der Waals surface area contributed by atoms with Crippen LogP contribution in [0, 0.1) is 0 Å². The predicted molar refractivity (Wildman–Crippen MR) is 115 cm³/mol. The molecule has 2 heterocycles. The van der Waals surface area contributed by atoms with Crippen LogP contribution in [0.1, 0.15) is 18.4 Å². The molecule has 0 aliphatic carbocycles. The molecule has 0 unspecified atom stereocenters.